The normalized spacial score (nSPS) is 10.8. The lowest BCUT2D eigenvalue weighted by atomic mass is 10.2. The molecule has 0 saturated heterocycles. The number of carbonyl (C=O) groups excluding carboxylic acids is 3. The second kappa shape index (κ2) is 37.0. The Bertz CT molecular complexity index is 938. The predicted molar refractivity (Wildman–Crippen MR) is 210 cm³/mol. The molecule has 0 heterocycles. The first kappa shape index (κ1) is 61.7. The summed E-state index contributed by atoms with van der Waals surface area (Å²) in [5.41, 5.74) is 3.74. The van der Waals surface area contributed by atoms with Crippen molar-refractivity contribution in [3.8, 4) is 0 Å². The van der Waals surface area contributed by atoms with Crippen LogP contribution in [0.1, 0.15) is 121 Å². The van der Waals surface area contributed by atoms with E-state index in [0.717, 1.165) is 44.9 Å². The van der Waals surface area contributed by atoms with Gasteiger partial charge in [-0.25, -0.2) is 14.4 Å². The number of amides is 3. The molecule has 0 bridgehead atoms. The van der Waals surface area contributed by atoms with Crippen LogP contribution in [0.3, 0.4) is 0 Å². The third kappa shape index (κ3) is 69.4. The Balaban J connectivity index is -0.000000140. The first-order valence-electron chi connectivity index (χ1n) is 17.2. The molecule has 3 radical (unpaired) electrons. The number of carbonyl (C=O) groups is 3. The number of unbranched alkanes of at least 4 members (excludes halogenated alkanes) is 4. The average molecular weight is 775 g/mol. The number of hydrogen-bond donors (Lipinski definition) is 7. The van der Waals surface area contributed by atoms with Crippen molar-refractivity contribution >= 4 is 36.8 Å². The molecule has 0 rings (SSSR count). The number of hydrogen-bond acceptors (Lipinski definition) is 13. The van der Waals surface area contributed by atoms with Crippen molar-refractivity contribution in [3.63, 3.8) is 0 Å². The van der Waals surface area contributed by atoms with Gasteiger partial charge in [0.05, 0.1) is 12.9 Å². The maximum absolute atomic E-state index is 11.2. The molecule has 0 saturated carbocycles. The highest BCUT2D eigenvalue weighted by Gasteiger charge is 2.17. The van der Waals surface area contributed by atoms with E-state index in [4.69, 9.17) is 30.2 Å². The highest BCUT2D eigenvalue weighted by atomic mass is 32.2. The molecule has 0 aromatic carbocycles. The summed E-state index contributed by atoms with van der Waals surface area (Å²) < 4.78 is 40.9. The monoisotopic (exact) mass is 775 g/mol. The molecule has 0 aliphatic rings. The molecule has 18 heteroatoms. The van der Waals surface area contributed by atoms with Crippen LogP contribution in [0, 0.1) is 0 Å². The van der Waals surface area contributed by atoms with Gasteiger partial charge in [0.2, 0.25) is 0 Å². The van der Waals surface area contributed by atoms with E-state index in [1.165, 1.54) is 0 Å². The molecule has 0 aliphatic carbocycles. The second-order valence-corrected chi connectivity index (χ2v) is 15.6. The fourth-order valence-corrected chi connectivity index (χ4v) is 3.29. The molecule has 0 aromatic heterocycles. The van der Waals surface area contributed by atoms with Crippen LogP contribution in [0.15, 0.2) is 0 Å². The van der Waals surface area contributed by atoms with E-state index >= 15 is 0 Å². The van der Waals surface area contributed by atoms with Gasteiger partial charge in [0.25, 0.3) is 10.1 Å². The largest absolute Gasteiger partial charge is 0.444 e. The minimum Gasteiger partial charge on any atom is -0.444 e. The van der Waals surface area contributed by atoms with Crippen LogP contribution >= 0.6 is 0 Å². The highest BCUT2D eigenvalue weighted by molar-refractivity contribution is 7.85. The fourth-order valence-electron chi connectivity index (χ4n) is 2.87. The summed E-state index contributed by atoms with van der Waals surface area (Å²) in [5, 5.41) is 27.5. The van der Waals surface area contributed by atoms with Crippen molar-refractivity contribution in [1.82, 2.24) is 21.3 Å². The molecule has 313 valence electrons. The number of aliphatic hydroxyl groups excluding tert-OH is 2. The number of nitrogens with one attached hydrogen (secondary N) is 4. The Labute approximate surface area is 318 Å². The Morgan fingerprint density at radius 2 is 0.904 bits per heavy atom. The predicted octanol–water partition coefficient (Wildman–Crippen LogP) is 4.03. The van der Waals surface area contributed by atoms with Gasteiger partial charge in [-0.05, 0) is 134 Å². The summed E-state index contributed by atoms with van der Waals surface area (Å²) in [7, 11) is -1.45. The molecule has 52 heavy (non-hydrogen) atoms. The van der Waals surface area contributed by atoms with Gasteiger partial charge in [-0.1, -0.05) is 7.43 Å². The maximum Gasteiger partial charge on any atom is 0.407 e. The third-order valence-electron chi connectivity index (χ3n) is 4.92. The Morgan fingerprint density at radius 3 is 1.17 bits per heavy atom. The Kier molecular flexibility index (Phi) is 43.8. The van der Waals surface area contributed by atoms with E-state index in [2.05, 4.69) is 25.5 Å². The Hall–Kier alpha value is -2.38. The molecule has 0 aromatic rings. The molecular weight excluding hydrogens is 697 g/mol. The van der Waals surface area contributed by atoms with E-state index < -0.39 is 39.1 Å². The second-order valence-electron chi connectivity index (χ2n) is 14.0. The minimum atomic E-state index is -3.36. The lowest BCUT2D eigenvalue weighted by molar-refractivity contribution is 0.0515. The number of nitrogens with two attached hydrogens (primary N) is 1. The summed E-state index contributed by atoms with van der Waals surface area (Å²) in [4.78, 5) is 33.4. The van der Waals surface area contributed by atoms with Gasteiger partial charge in [0.1, 0.15) is 16.8 Å². The van der Waals surface area contributed by atoms with Crippen molar-refractivity contribution in [2.75, 3.05) is 65.8 Å². The third-order valence-corrected chi connectivity index (χ3v) is 5.52. The van der Waals surface area contributed by atoms with Crippen LogP contribution in [0.4, 0.5) is 14.4 Å². The van der Waals surface area contributed by atoms with E-state index in [1.807, 2.05) is 48.6 Å². The van der Waals surface area contributed by atoms with Crippen molar-refractivity contribution in [2.24, 2.45) is 5.73 Å². The molecule has 3 amide bonds. The number of ether oxygens (including phenoxy) is 3. The van der Waals surface area contributed by atoms with Crippen molar-refractivity contribution in [3.05, 3.63) is 0 Å². The van der Waals surface area contributed by atoms with Gasteiger partial charge in [0.15, 0.2) is 0 Å². The number of aliphatic hydroxyl groups is 2. The molecule has 0 spiro atoms. The zero-order valence-corrected chi connectivity index (χ0v) is 34.3. The quantitative estimate of drug-likeness (QED) is 0.0451. The number of rotatable bonds is 18. The summed E-state index contributed by atoms with van der Waals surface area (Å²) >= 11 is 0. The van der Waals surface area contributed by atoms with Gasteiger partial charge in [-0.3, -0.25) is 4.18 Å². The zero-order valence-electron chi connectivity index (χ0n) is 33.4. The lowest BCUT2D eigenvalue weighted by Crippen LogP contribution is -2.33. The summed E-state index contributed by atoms with van der Waals surface area (Å²) in [5.74, 6) is 0. The molecule has 0 fully saturated rings. The zero-order chi connectivity index (χ0) is 39.7. The minimum absolute atomic E-state index is 0. The van der Waals surface area contributed by atoms with Gasteiger partial charge in [0, 0.05) is 41.3 Å². The Morgan fingerprint density at radius 1 is 0.596 bits per heavy atom. The van der Waals surface area contributed by atoms with Gasteiger partial charge in [-0.2, -0.15) is 8.42 Å². The molecular formula is C34H77BN5O11S. The molecule has 0 aliphatic heterocycles. The van der Waals surface area contributed by atoms with Crippen LogP contribution in [-0.2, 0) is 28.5 Å². The van der Waals surface area contributed by atoms with E-state index in [1.54, 1.807) is 20.8 Å². The van der Waals surface area contributed by atoms with Crippen LogP contribution in [0.2, 0.25) is 0 Å². The standard InChI is InChI=1S/C10H22N2O2.C10H21NO5S.C9H19NO3.C4H11NO.CH4.B/c1-10(2,3)14-9(13)12-8-6-5-7-11-4;1-10(2,3)16-9(12)11-7-5-6-8-15-17(4,13)14;1-9(2,3)13-8(12)10-6-4-5-7-11;5-3-1-2-4-6;;/h11H,5-8H2,1-4H3,(H,12,13);5-8H2,1-4H3,(H,11,12);11H,4-7H2,1-3H3,(H,10,12);6H,1-5H2;1H4;. The summed E-state index contributed by atoms with van der Waals surface area (Å²) in [6, 6.07) is 0. The lowest BCUT2D eigenvalue weighted by Gasteiger charge is -2.19. The summed E-state index contributed by atoms with van der Waals surface area (Å²) in [6.45, 7) is 20.3. The van der Waals surface area contributed by atoms with Gasteiger partial charge < -0.3 is 51.4 Å². The first-order chi connectivity index (χ1) is 22.9. The molecule has 0 unspecified atom stereocenters. The van der Waals surface area contributed by atoms with Gasteiger partial charge >= 0.3 is 18.3 Å². The van der Waals surface area contributed by atoms with Crippen LogP contribution in [0.5, 0.6) is 0 Å². The van der Waals surface area contributed by atoms with Crippen molar-refractivity contribution in [1.29, 1.82) is 0 Å². The van der Waals surface area contributed by atoms with Crippen LogP contribution in [0.25, 0.3) is 0 Å². The van der Waals surface area contributed by atoms with E-state index in [9.17, 15) is 22.8 Å². The SMILES string of the molecule is C.CC(C)(C)OC(=O)NCCCCO.CC(C)(C)OC(=O)NCCCCOS(C)(=O)=O.CNCCCCNC(=O)OC(C)(C)C.NCCCCO.[B]. The van der Waals surface area contributed by atoms with Crippen LogP contribution in [-0.4, -0.2) is 128 Å². The van der Waals surface area contributed by atoms with E-state index in [0.29, 0.717) is 45.4 Å². The fraction of sp³-hybridized carbons (Fsp3) is 0.912. The maximum atomic E-state index is 11.2. The summed E-state index contributed by atoms with van der Waals surface area (Å²) in [6.07, 6.45) is 6.29. The molecule has 0 atom stereocenters. The average Bonchev–Trinajstić information content (AvgIpc) is 2.94. The first-order valence-corrected chi connectivity index (χ1v) is 19.1. The smallest absolute Gasteiger partial charge is 0.407 e. The topological polar surface area (TPSA) is 237 Å². The van der Waals surface area contributed by atoms with Crippen molar-refractivity contribution < 1.29 is 51.4 Å². The molecule has 8 N–H and O–H groups in total. The van der Waals surface area contributed by atoms with Crippen molar-refractivity contribution in [2.45, 2.75) is 138 Å². The van der Waals surface area contributed by atoms with E-state index in [-0.39, 0.29) is 41.8 Å². The number of alkyl carbamates (subject to hydrolysis) is 3. The van der Waals surface area contributed by atoms with Crippen LogP contribution < -0.4 is 27.0 Å². The van der Waals surface area contributed by atoms with Gasteiger partial charge in [-0.15, -0.1) is 0 Å². The highest BCUT2D eigenvalue weighted by Crippen LogP contribution is 2.08. The molecule has 16 nitrogen and oxygen atoms in total.